The topological polar surface area (TPSA) is 184 Å². The van der Waals surface area contributed by atoms with Crippen LogP contribution in [0, 0.1) is 23.5 Å². The average molecular weight is 1030 g/mol. The van der Waals surface area contributed by atoms with Gasteiger partial charge in [-0.3, -0.25) is 9.59 Å². The molecule has 4 aliphatic rings. The Labute approximate surface area is 435 Å². The van der Waals surface area contributed by atoms with Crippen LogP contribution >= 0.6 is 0 Å². The van der Waals surface area contributed by atoms with Crippen molar-refractivity contribution in [1.82, 2.24) is 40.4 Å². The first-order chi connectivity index (χ1) is 36.2. The lowest BCUT2D eigenvalue weighted by Gasteiger charge is -2.38. The zero-order valence-corrected chi connectivity index (χ0v) is 43.4. The second-order valence-corrected chi connectivity index (χ2v) is 21.0. The van der Waals surface area contributed by atoms with E-state index in [9.17, 15) is 19.2 Å². The highest BCUT2D eigenvalue weighted by molar-refractivity contribution is 5.88. The van der Waals surface area contributed by atoms with Crippen molar-refractivity contribution in [2.24, 2.45) is 11.8 Å². The number of fused-ring (bicyclic) bond motifs is 2. The first-order valence-corrected chi connectivity index (χ1v) is 26.3. The fourth-order valence-corrected chi connectivity index (χ4v) is 11.9. The Balaban J connectivity index is 0.965. The minimum Gasteiger partial charge on any atom is -0.453 e. The van der Waals surface area contributed by atoms with Crippen molar-refractivity contribution in [3.63, 3.8) is 0 Å². The number of benzene rings is 4. The van der Waals surface area contributed by atoms with E-state index in [1.165, 1.54) is 26.4 Å². The summed E-state index contributed by atoms with van der Waals surface area (Å²) in [6.45, 7) is 10.7. The fraction of sp³-hybridized carbons (Fsp3) is 0.464. The van der Waals surface area contributed by atoms with Crippen molar-refractivity contribution in [3.8, 4) is 0 Å². The predicted molar refractivity (Wildman–Crippen MR) is 282 cm³/mol. The van der Waals surface area contributed by atoms with Crippen LogP contribution in [0.3, 0.4) is 0 Å². The van der Waals surface area contributed by atoms with Gasteiger partial charge in [0.15, 0.2) is 11.6 Å². The highest BCUT2D eigenvalue weighted by Gasteiger charge is 2.41. The van der Waals surface area contributed by atoms with Gasteiger partial charge in [0.2, 0.25) is 11.8 Å². The maximum atomic E-state index is 16.8. The van der Waals surface area contributed by atoms with Gasteiger partial charge in [0.05, 0.1) is 60.5 Å². The number of nitrogens with zero attached hydrogens (tertiary/aromatic N) is 7. The molecule has 0 spiro atoms. The average Bonchev–Trinajstić information content (AvgIpc) is 4.28. The van der Waals surface area contributed by atoms with E-state index in [0.29, 0.717) is 93.3 Å². The Kier molecular flexibility index (Phi) is 14.6. The summed E-state index contributed by atoms with van der Waals surface area (Å²) >= 11 is 0. The Morgan fingerprint density at radius 3 is 1.47 bits per heavy atom. The van der Waals surface area contributed by atoms with Gasteiger partial charge in [-0.25, -0.2) is 28.3 Å². The van der Waals surface area contributed by atoms with Gasteiger partial charge >= 0.3 is 12.2 Å². The highest BCUT2D eigenvalue weighted by atomic mass is 19.1. The van der Waals surface area contributed by atoms with Crippen molar-refractivity contribution in [2.45, 2.75) is 102 Å². The second kappa shape index (κ2) is 21.4. The number of hydrogen-bond donors (Lipinski definition) is 4. The first kappa shape index (κ1) is 51.1. The van der Waals surface area contributed by atoms with Gasteiger partial charge in [0.1, 0.15) is 29.4 Å². The zero-order valence-electron chi connectivity index (χ0n) is 43.4. The number of nitrogens with one attached hydrogen (secondary N) is 4. The predicted octanol–water partition coefficient (Wildman–Crippen LogP) is 9.22. The number of anilines is 3. The number of hydrogen-bond acceptors (Lipinski definition) is 11. The maximum absolute atomic E-state index is 16.8. The highest BCUT2D eigenvalue weighted by Crippen LogP contribution is 2.49. The van der Waals surface area contributed by atoms with Crippen LogP contribution in [0.25, 0.3) is 22.1 Å². The molecule has 396 valence electrons. The summed E-state index contributed by atoms with van der Waals surface area (Å²) in [5.41, 5.74) is 6.27. The van der Waals surface area contributed by atoms with Crippen molar-refractivity contribution in [1.29, 1.82) is 0 Å². The smallest absolute Gasteiger partial charge is 0.407 e. The third-order valence-corrected chi connectivity index (χ3v) is 15.7. The summed E-state index contributed by atoms with van der Waals surface area (Å²) in [5.74, 6) is -0.713. The van der Waals surface area contributed by atoms with E-state index in [4.69, 9.17) is 19.4 Å². The number of halogens is 2. The largest absolute Gasteiger partial charge is 0.453 e. The van der Waals surface area contributed by atoms with Gasteiger partial charge in [-0.1, -0.05) is 58.0 Å². The second-order valence-electron chi connectivity index (χ2n) is 21.0. The van der Waals surface area contributed by atoms with Gasteiger partial charge in [-0.2, -0.15) is 0 Å². The Hall–Kier alpha value is -7.44. The molecule has 0 aliphatic carbocycles. The van der Waals surface area contributed by atoms with Gasteiger partial charge in [-0.05, 0) is 110 Å². The van der Waals surface area contributed by atoms with Crippen LogP contribution in [0.15, 0.2) is 78.9 Å². The molecule has 0 unspecified atom stereocenters. The fourth-order valence-electron chi connectivity index (χ4n) is 11.9. The Morgan fingerprint density at radius 2 is 1.03 bits per heavy atom. The number of alkyl carbamates (subject to hydrolysis) is 2. The summed E-state index contributed by atoms with van der Waals surface area (Å²) in [7, 11) is 2.55. The SMILES string of the molecule is COC(=O)N[C@H](C(=O)N1CCC[C@H]1c1nc2cc([C@H]3CC[C@H](c4ccc5[nH]c([C@@H]6CCCN6C(=O)[C@@H](NC(=O)OC)C(C)C)nc5c4)N3c3cc(F)c(N4CCN(c5ccccc5)CC4)c(F)c3)ccc2[nH]1)C(C)C. The van der Waals surface area contributed by atoms with E-state index in [1.807, 2.05) is 94.4 Å². The van der Waals surface area contributed by atoms with Gasteiger partial charge in [0, 0.05) is 50.6 Å². The summed E-state index contributed by atoms with van der Waals surface area (Å²) in [5, 5.41) is 5.43. The standard InChI is InChI=1S/C56H67F2N11O6/c1-32(2)48(63-55(72)74-5)53(70)67-22-10-14-46(67)51-59-40-18-16-34(28-42(40)61-51)44-20-21-45(69(44)37-30-38(57)50(39(58)31-37)66-26-24-65(25-27-66)36-12-8-7-9-13-36)35-17-19-41-43(29-35)62-52(60-41)47-15-11-23-68(47)54(71)49(33(3)4)64-56(73)75-6/h7-9,12-13,16-19,28-33,44-49H,10-11,14-15,20-27H2,1-6H3,(H,59,61)(H,60,62)(H,63,72)(H,64,73)/t44-,45-,46+,47+,48+,49+/m1/s1. The van der Waals surface area contributed by atoms with E-state index in [1.54, 1.807) is 14.7 Å². The Bertz CT molecular complexity index is 2900. The van der Waals surface area contributed by atoms with Crippen LogP contribution in [-0.4, -0.2) is 119 Å². The van der Waals surface area contributed by atoms with Crippen LogP contribution in [-0.2, 0) is 19.1 Å². The van der Waals surface area contributed by atoms with Crippen molar-refractivity contribution < 1.29 is 37.4 Å². The molecule has 6 atom stereocenters. The first-order valence-electron chi connectivity index (χ1n) is 26.3. The lowest BCUT2D eigenvalue weighted by atomic mass is 10.0. The lowest BCUT2D eigenvalue weighted by Crippen LogP contribution is -2.51. The molecule has 2 aromatic heterocycles. The number of rotatable bonds is 13. The van der Waals surface area contributed by atoms with Gasteiger partial charge in [0.25, 0.3) is 0 Å². The number of likely N-dealkylation sites (tertiary alicyclic amines) is 2. The van der Waals surface area contributed by atoms with Crippen LogP contribution < -0.4 is 25.3 Å². The molecule has 4 amide bonds. The number of H-pyrrole nitrogens is 2. The quantitative estimate of drug-likeness (QED) is 0.0865. The van der Waals surface area contributed by atoms with Gasteiger partial charge < -0.3 is 54.6 Å². The molecule has 10 rings (SSSR count). The number of para-hydroxylation sites is 1. The number of carbonyl (C=O) groups is 4. The molecule has 0 saturated carbocycles. The number of aromatic amines is 2. The normalized spacial score (nSPS) is 20.9. The molecule has 4 aromatic carbocycles. The number of methoxy groups -OCH3 is 2. The molecule has 6 heterocycles. The van der Waals surface area contributed by atoms with Gasteiger partial charge in [-0.15, -0.1) is 0 Å². The number of aromatic nitrogens is 4. The lowest BCUT2D eigenvalue weighted by molar-refractivity contribution is -0.136. The number of carbonyl (C=O) groups excluding carboxylic acids is 4. The van der Waals surface area contributed by atoms with Crippen molar-refractivity contribution >= 4 is 63.1 Å². The minimum absolute atomic E-state index is 0.0323. The molecular formula is C56H67F2N11O6. The molecular weight excluding hydrogens is 961 g/mol. The van der Waals surface area contributed by atoms with E-state index in [0.717, 1.165) is 40.7 Å². The number of imidazole rings is 2. The molecule has 6 aromatic rings. The van der Waals surface area contributed by atoms with Crippen LogP contribution in [0.4, 0.5) is 35.4 Å². The molecule has 19 heteroatoms. The van der Waals surface area contributed by atoms with E-state index >= 15 is 8.78 Å². The third kappa shape index (κ3) is 10.1. The Morgan fingerprint density at radius 1 is 0.573 bits per heavy atom. The van der Waals surface area contributed by atoms with Crippen LogP contribution in [0.5, 0.6) is 0 Å². The van der Waals surface area contributed by atoms with E-state index in [-0.39, 0.29) is 53.5 Å². The molecule has 4 N–H and O–H groups in total. The summed E-state index contributed by atoms with van der Waals surface area (Å²) < 4.78 is 43.3. The molecule has 75 heavy (non-hydrogen) atoms. The minimum atomic E-state index is -0.770. The molecule has 0 bridgehead atoms. The van der Waals surface area contributed by atoms with Crippen LogP contribution in [0.2, 0.25) is 0 Å². The van der Waals surface area contributed by atoms with Crippen molar-refractivity contribution in [3.05, 3.63) is 113 Å². The number of ether oxygens (including phenoxy) is 2. The van der Waals surface area contributed by atoms with E-state index < -0.39 is 35.9 Å². The number of piperazine rings is 1. The van der Waals surface area contributed by atoms with Crippen LogP contribution in [0.1, 0.15) is 113 Å². The number of amides is 4. The molecule has 17 nitrogen and oxygen atoms in total. The summed E-state index contributed by atoms with van der Waals surface area (Å²) in [6.07, 6.45) is 2.93. The summed E-state index contributed by atoms with van der Waals surface area (Å²) in [4.78, 5) is 79.3. The zero-order chi connectivity index (χ0) is 52.7. The monoisotopic (exact) mass is 1030 g/mol. The van der Waals surface area contributed by atoms with E-state index in [2.05, 4.69) is 30.4 Å². The molecule has 4 aliphatic heterocycles. The third-order valence-electron chi connectivity index (χ3n) is 15.7. The molecule has 4 saturated heterocycles. The van der Waals surface area contributed by atoms with Crippen molar-refractivity contribution in [2.75, 3.05) is 68.2 Å². The molecule has 0 radical (unpaired) electrons. The maximum Gasteiger partial charge on any atom is 0.407 e. The summed E-state index contributed by atoms with van der Waals surface area (Å²) in [6, 6.07) is 22.3. The molecule has 4 fully saturated rings.